The predicted octanol–water partition coefficient (Wildman–Crippen LogP) is 2.59. The standard InChI is InChI=1S/C9H10ClNO/c10-8-4-7(5-11-6-8)9-2-1-3-12-9/h4-6,9H,1-3H2/t9-/m0/s1. The summed E-state index contributed by atoms with van der Waals surface area (Å²) in [5.74, 6) is 0. The largest absolute Gasteiger partial charge is 0.373 e. The van der Waals surface area contributed by atoms with E-state index in [-0.39, 0.29) is 6.10 Å². The van der Waals surface area contributed by atoms with E-state index in [1.54, 1.807) is 6.20 Å². The molecule has 0 radical (unpaired) electrons. The molecule has 64 valence electrons. The topological polar surface area (TPSA) is 22.1 Å². The van der Waals surface area contributed by atoms with Crippen LogP contribution in [-0.2, 0) is 4.74 Å². The number of hydrogen-bond donors (Lipinski definition) is 0. The summed E-state index contributed by atoms with van der Waals surface area (Å²) < 4.78 is 5.50. The first-order valence-corrected chi connectivity index (χ1v) is 4.46. The second kappa shape index (κ2) is 3.42. The first-order chi connectivity index (χ1) is 5.86. The molecule has 1 aromatic heterocycles. The van der Waals surface area contributed by atoms with Crippen LogP contribution >= 0.6 is 11.6 Å². The minimum absolute atomic E-state index is 0.219. The number of rotatable bonds is 1. The Balaban J connectivity index is 2.21. The monoisotopic (exact) mass is 183 g/mol. The summed E-state index contributed by atoms with van der Waals surface area (Å²) >= 11 is 5.81. The van der Waals surface area contributed by atoms with Gasteiger partial charge in [0.25, 0.3) is 0 Å². The zero-order valence-electron chi connectivity index (χ0n) is 6.66. The summed E-state index contributed by atoms with van der Waals surface area (Å²) in [5, 5.41) is 0.683. The van der Waals surface area contributed by atoms with Gasteiger partial charge in [0, 0.05) is 24.6 Å². The van der Waals surface area contributed by atoms with E-state index < -0.39 is 0 Å². The normalized spacial score (nSPS) is 22.9. The van der Waals surface area contributed by atoms with E-state index >= 15 is 0 Å². The molecule has 0 spiro atoms. The fourth-order valence-corrected chi connectivity index (χ4v) is 1.63. The van der Waals surface area contributed by atoms with E-state index in [1.807, 2.05) is 12.3 Å². The molecular weight excluding hydrogens is 174 g/mol. The van der Waals surface area contributed by atoms with Crippen LogP contribution in [0.2, 0.25) is 5.02 Å². The molecule has 2 rings (SSSR count). The first-order valence-electron chi connectivity index (χ1n) is 4.08. The van der Waals surface area contributed by atoms with E-state index in [0.717, 1.165) is 25.0 Å². The van der Waals surface area contributed by atoms with Crippen LogP contribution in [0.5, 0.6) is 0 Å². The van der Waals surface area contributed by atoms with Gasteiger partial charge < -0.3 is 4.74 Å². The summed E-state index contributed by atoms with van der Waals surface area (Å²) in [5.41, 5.74) is 1.10. The van der Waals surface area contributed by atoms with E-state index in [1.165, 1.54) is 0 Å². The zero-order valence-corrected chi connectivity index (χ0v) is 7.42. The number of pyridine rings is 1. The van der Waals surface area contributed by atoms with E-state index in [2.05, 4.69) is 4.98 Å². The molecule has 0 unspecified atom stereocenters. The quantitative estimate of drug-likeness (QED) is 0.668. The molecule has 12 heavy (non-hydrogen) atoms. The van der Waals surface area contributed by atoms with Crippen molar-refractivity contribution in [2.75, 3.05) is 6.61 Å². The predicted molar refractivity (Wildman–Crippen MR) is 47.2 cm³/mol. The third-order valence-electron chi connectivity index (χ3n) is 2.03. The molecule has 1 aliphatic rings. The molecule has 0 saturated carbocycles. The number of ether oxygens (including phenoxy) is 1. The number of hydrogen-bond acceptors (Lipinski definition) is 2. The summed E-state index contributed by atoms with van der Waals surface area (Å²) in [6.45, 7) is 0.858. The summed E-state index contributed by atoms with van der Waals surface area (Å²) in [6.07, 6.45) is 5.90. The minimum atomic E-state index is 0.219. The maximum absolute atomic E-state index is 5.81. The van der Waals surface area contributed by atoms with Crippen LogP contribution in [-0.4, -0.2) is 11.6 Å². The number of aromatic nitrogens is 1. The maximum Gasteiger partial charge on any atom is 0.0841 e. The minimum Gasteiger partial charge on any atom is -0.373 e. The average molecular weight is 184 g/mol. The molecule has 1 aliphatic heterocycles. The van der Waals surface area contributed by atoms with Crippen molar-refractivity contribution in [2.45, 2.75) is 18.9 Å². The second-order valence-electron chi connectivity index (χ2n) is 2.94. The highest BCUT2D eigenvalue weighted by Crippen LogP contribution is 2.28. The van der Waals surface area contributed by atoms with Crippen molar-refractivity contribution >= 4 is 11.6 Å². The second-order valence-corrected chi connectivity index (χ2v) is 3.37. The van der Waals surface area contributed by atoms with Gasteiger partial charge in [-0.1, -0.05) is 11.6 Å². The van der Waals surface area contributed by atoms with Gasteiger partial charge in [0.2, 0.25) is 0 Å². The summed E-state index contributed by atoms with van der Waals surface area (Å²) in [4.78, 5) is 4.02. The molecule has 0 N–H and O–H groups in total. The Kier molecular flexibility index (Phi) is 2.28. The average Bonchev–Trinajstić information content (AvgIpc) is 2.56. The lowest BCUT2D eigenvalue weighted by Crippen LogP contribution is -1.95. The van der Waals surface area contributed by atoms with Gasteiger partial charge in [0.05, 0.1) is 11.1 Å². The Hall–Kier alpha value is -0.600. The fraction of sp³-hybridized carbons (Fsp3) is 0.444. The molecule has 0 aromatic carbocycles. The van der Waals surface area contributed by atoms with Gasteiger partial charge >= 0.3 is 0 Å². The van der Waals surface area contributed by atoms with E-state index in [4.69, 9.17) is 16.3 Å². The lowest BCUT2D eigenvalue weighted by Gasteiger charge is -2.08. The third kappa shape index (κ3) is 1.59. The molecule has 1 saturated heterocycles. The Labute approximate surface area is 76.5 Å². The highest BCUT2D eigenvalue weighted by molar-refractivity contribution is 6.30. The van der Waals surface area contributed by atoms with Crippen molar-refractivity contribution in [2.24, 2.45) is 0 Å². The van der Waals surface area contributed by atoms with Gasteiger partial charge in [-0.05, 0) is 18.9 Å². The molecule has 0 bridgehead atoms. The van der Waals surface area contributed by atoms with Crippen molar-refractivity contribution in [3.05, 3.63) is 29.0 Å². The van der Waals surface area contributed by atoms with E-state index in [9.17, 15) is 0 Å². The number of nitrogens with zero attached hydrogens (tertiary/aromatic N) is 1. The van der Waals surface area contributed by atoms with Crippen molar-refractivity contribution in [3.8, 4) is 0 Å². The Morgan fingerprint density at radius 2 is 2.42 bits per heavy atom. The molecule has 1 atom stereocenters. The van der Waals surface area contributed by atoms with Gasteiger partial charge in [-0.2, -0.15) is 0 Å². The van der Waals surface area contributed by atoms with Crippen LogP contribution in [0.1, 0.15) is 24.5 Å². The summed E-state index contributed by atoms with van der Waals surface area (Å²) in [7, 11) is 0. The SMILES string of the molecule is Clc1cncc([C@@H]2CCCO2)c1. The molecule has 0 aliphatic carbocycles. The highest BCUT2D eigenvalue weighted by Gasteiger charge is 2.17. The van der Waals surface area contributed by atoms with Crippen LogP contribution in [0.15, 0.2) is 18.5 Å². The Morgan fingerprint density at radius 3 is 3.08 bits per heavy atom. The van der Waals surface area contributed by atoms with Gasteiger partial charge in [-0.3, -0.25) is 4.98 Å². The van der Waals surface area contributed by atoms with Crippen molar-refractivity contribution in [1.29, 1.82) is 0 Å². The first kappa shape index (κ1) is 8.02. The van der Waals surface area contributed by atoms with Crippen LogP contribution in [0.4, 0.5) is 0 Å². The molecule has 0 amide bonds. The van der Waals surface area contributed by atoms with Crippen molar-refractivity contribution in [1.82, 2.24) is 4.98 Å². The maximum atomic E-state index is 5.81. The third-order valence-corrected chi connectivity index (χ3v) is 2.23. The van der Waals surface area contributed by atoms with Crippen molar-refractivity contribution < 1.29 is 4.74 Å². The van der Waals surface area contributed by atoms with Crippen LogP contribution in [0.25, 0.3) is 0 Å². The molecule has 1 aromatic rings. The molecule has 2 heterocycles. The Morgan fingerprint density at radius 1 is 1.50 bits per heavy atom. The Bertz CT molecular complexity index is 271. The fourth-order valence-electron chi connectivity index (χ4n) is 1.44. The molecule has 1 fully saturated rings. The van der Waals surface area contributed by atoms with Gasteiger partial charge in [0.15, 0.2) is 0 Å². The van der Waals surface area contributed by atoms with Crippen LogP contribution in [0.3, 0.4) is 0 Å². The molecule has 3 heteroatoms. The highest BCUT2D eigenvalue weighted by atomic mass is 35.5. The van der Waals surface area contributed by atoms with Crippen molar-refractivity contribution in [3.63, 3.8) is 0 Å². The zero-order chi connectivity index (χ0) is 8.39. The lowest BCUT2D eigenvalue weighted by molar-refractivity contribution is 0.111. The molecule has 2 nitrogen and oxygen atoms in total. The number of halogens is 1. The van der Waals surface area contributed by atoms with Crippen LogP contribution < -0.4 is 0 Å². The van der Waals surface area contributed by atoms with Gasteiger partial charge in [-0.15, -0.1) is 0 Å². The van der Waals surface area contributed by atoms with Gasteiger partial charge in [0.1, 0.15) is 0 Å². The van der Waals surface area contributed by atoms with Crippen LogP contribution in [0, 0.1) is 0 Å². The van der Waals surface area contributed by atoms with Gasteiger partial charge in [-0.25, -0.2) is 0 Å². The smallest absolute Gasteiger partial charge is 0.0841 e. The van der Waals surface area contributed by atoms with E-state index in [0.29, 0.717) is 5.02 Å². The lowest BCUT2D eigenvalue weighted by atomic mass is 10.1. The molecular formula is C9H10ClNO. The summed E-state index contributed by atoms with van der Waals surface area (Å²) in [6, 6.07) is 1.92.